The molecule has 0 unspecified atom stereocenters. The summed E-state index contributed by atoms with van der Waals surface area (Å²) in [6.07, 6.45) is -7.29. The van der Waals surface area contributed by atoms with Crippen molar-refractivity contribution >= 4 is 6.08 Å². The van der Waals surface area contributed by atoms with Crippen molar-refractivity contribution in [3.8, 4) is 11.1 Å². The molecule has 6 heteroatoms. The first-order valence-corrected chi connectivity index (χ1v) is 7.14. The summed E-state index contributed by atoms with van der Waals surface area (Å²) in [5.74, 6) is 0. The second kappa shape index (κ2) is 5.40. The summed E-state index contributed by atoms with van der Waals surface area (Å²) in [5, 5.41) is 0. The predicted molar refractivity (Wildman–Crippen MR) is 79.2 cm³/mol. The van der Waals surface area contributed by atoms with Crippen LogP contribution < -0.4 is 0 Å². The smallest absolute Gasteiger partial charge is 0.166 e. The van der Waals surface area contributed by atoms with E-state index in [1.54, 1.807) is 18.2 Å². The van der Waals surface area contributed by atoms with Crippen LogP contribution in [0.5, 0.6) is 0 Å². The van der Waals surface area contributed by atoms with Crippen molar-refractivity contribution in [1.82, 2.24) is 0 Å². The fraction of sp³-hybridized carbons (Fsp3) is 0.222. The van der Waals surface area contributed by atoms with Gasteiger partial charge in [0.25, 0.3) is 0 Å². The highest BCUT2D eigenvalue weighted by Crippen LogP contribution is 2.41. The van der Waals surface area contributed by atoms with Crippen LogP contribution in [-0.4, -0.2) is 0 Å². The highest BCUT2D eigenvalue weighted by molar-refractivity contribution is 5.77. The van der Waals surface area contributed by atoms with E-state index in [0.717, 1.165) is 28.8 Å². The summed E-state index contributed by atoms with van der Waals surface area (Å²) in [6, 6.07) is 6.69. The Hall–Kier alpha value is -2.24. The van der Waals surface area contributed by atoms with Crippen molar-refractivity contribution < 1.29 is 26.3 Å². The summed E-state index contributed by atoms with van der Waals surface area (Å²) >= 11 is 0. The minimum Gasteiger partial charge on any atom is -0.166 e. The molecule has 0 heterocycles. The van der Waals surface area contributed by atoms with Crippen molar-refractivity contribution in [1.29, 1.82) is 0 Å². The topological polar surface area (TPSA) is 0 Å². The van der Waals surface area contributed by atoms with Gasteiger partial charge in [0.2, 0.25) is 0 Å². The van der Waals surface area contributed by atoms with E-state index in [2.05, 4.69) is 0 Å². The Morgan fingerprint density at radius 1 is 0.833 bits per heavy atom. The second-order valence-electron chi connectivity index (χ2n) is 5.84. The minimum atomic E-state index is -4.85. The maximum Gasteiger partial charge on any atom is 0.416 e. The third-order valence-corrected chi connectivity index (χ3v) is 3.97. The van der Waals surface area contributed by atoms with E-state index < -0.39 is 23.5 Å². The summed E-state index contributed by atoms with van der Waals surface area (Å²) < 4.78 is 78.1. The molecule has 0 bridgehead atoms. The van der Waals surface area contributed by atoms with Crippen molar-refractivity contribution in [2.45, 2.75) is 25.7 Å². The van der Waals surface area contributed by atoms with Gasteiger partial charge in [0.1, 0.15) is 0 Å². The lowest BCUT2D eigenvalue weighted by molar-refractivity contribution is -0.143. The summed E-state index contributed by atoms with van der Waals surface area (Å²) in [5.41, 5.74) is 0.327. The molecule has 0 spiro atoms. The molecule has 0 N–H and O–H groups in total. The van der Waals surface area contributed by atoms with Gasteiger partial charge in [-0.05, 0) is 53.8 Å². The molecule has 2 aromatic carbocycles. The molecule has 2 aromatic rings. The molecule has 0 aromatic heterocycles. The fourth-order valence-corrected chi connectivity index (χ4v) is 2.91. The summed E-state index contributed by atoms with van der Waals surface area (Å²) in [7, 11) is 0. The quantitative estimate of drug-likeness (QED) is 0.530. The average molecular weight is 342 g/mol. The van der Waals surface area contributed by atoms with Crippen LogP contribution in [0.2, 0.25) is 0 Å². The Labute approximate surface area is 134 Å². The van der Waals surface area contributed by atoms with Gasteiger partial charge in [-0.15, -0.1) is 0 Å². The maximum atomic E-state index is 13.0. The van der Waals surface area contributed by atoms with Gasteiger partial charge in [0.15, 0.2) is 0 Å². The molecule has 0 atom stereocenters. The number of halogens is 6. The number of fused-ring (bicyclic) bond motifs is 1. The predicted octanol–water partition coefficient (Wildman–Crippen LogP) is 6.35. The first-order valence-electron chi connectivity index (χ1n) is 7.14. The molecular formula is C18H12F6. The Bertz CT molecular complexity index is 792. The van der Waals surface area contributed by atoms with E-state index >= 15 is 0 Å². The first-order chi connectivity index (χ1) is 11.1. The number of alkyl halides is 6. The van der Waals surface area contributed by atoms with Gasteiger partial charge in [-0.3, -0.25) is 0 Å². The summed E-state index contributed by atoms with van der Waals surface area (Å²) in [6.45, 7) is 1.87. The lowest BCUT2D eigenvalue weighted by atomic mass is 9.93. The standard InChI is InChI=1S/C18H12F6/c1-10-5-11-3-2-4-15(16(11)6-10)12-7-13(17(19,20)21)9-14(8-12)18(22,23)24/h2-5,7-9H,6H2,1H3. The highest BCUT2D eigenvalue weighted by Gasteiger charge is 2.37. The van der Waals surface area contributed by atoms with E-state index in [4.69, 9.17) is 0 Å². The zero-order valence-corrected chi connectivity index (χ0v) is 12.5. The molecule has 0 amide bonds. The van der Waals surface area contributed by atoms with Gasteiger partial charge < -0.3 is 0 Å². The van der Waals surface area contributed by atoms with Gasteiger partial charge in [-0.2, -0.15) is 26.3 Å². The maximum absolute atomic E-state index is 13.0. The molecule has 0 saturated heterocycles. The molecule has 0 nitrogen and oxygen atoms in total. The van der Waals surface area contributed by atoms with Crippen molar-refractivity contribution in [3.63, 3.8) is 0 Å². The molecular weight excluding hydrogens is 330 g/mol. The molecule has 0 fully saturated rings. The van der Waals surface area contributed by atoms with E-state index in [1.165, 1.54) is 0 Å². The number of hydrogen-bond donors (Lipinski definition) is 0. The van der Waals surface area contributed by atoms with Crippen LogP contribution in [0.1, 0.15) is 29.2 Å². The van der Waals surface area contributed by atoms with Gasteiger partial charge in [0.05, 0.1) is 11.1 Å². The Balaban J connectivity index is 2.22. The van der Waals surface area contributed by atoms with Crippen LogP contribution >= 0.6 is 0 Å². The van der Waals surface area contributed by atoms with Crippen LogP contribution in [0.25, 0.3) is 17.2 Å². The van der Waals surface area contributed by atoms with Crippen LogP contribution in [0.4, 0.5) is 26.3 Å². The lowest BCUT2D eigenvalue weighted by Gasteiger charge is -2.16. The van der Waals surface area contributed by atoms with Crippen LogP contribution in [0.3, 0.4) is 0 Å². The molecule has 126 valence electrons. The number of rotatable bonds is 1. The third kappa shape index (κ3) is 3.05. The third-order valence-electron chi connectivity index (χ3n) is 3.97. The SMILES string of the molecule is CC1=Cc2cccc(-c3cc(C(F)(F)F)cc(C(F)(F)F)c3)c2C1. The fourth-order valence-electron chi connectivity index (χ4n) is 2.91. The van der Waals surface area contributed by atoms with Gasteiger partial charge in [-0.25, -0.2) is 0 Å². The number of allylic oxidation sites excluding steroid dienone is 1. The monoisotopic (exact) mass is 342 g/mol. The van der Waals surface area contributed by atoms with Crippen LogP contribution in [-0.2, 0) is 18.8 Å². The Kier molecular flexibility index (Phi) is 3.73. The first kappa shape index (κ1) is 16.6. The molecule has 3 rings (SSSR count). The molecule has 24 heavy (non-hydrogen) atoms. The largest absolute Gasteiger partial charge is 0.416 e. The average Bonchev–Trinajstić information content (AvgIpc) is 2.84. The van der Waals surface area contributed by atoms with Crippen molar-refractivity contribution in [2.75, 3.05) is 0 Å². The van der Waals surface area contributed by atoms with Crippen LogP contribution in [0, 0.1) is 0 Å². The zero-order valence-electron chi connectivity index (χ0n) is 12.5. The van der Waals surface area contributed by atoms with E-state index in [0.29, 0.717) is 12.0 Å². The van der Waals surface area contributed by atoms with Gasteiger partial charge in [-0.1, -0.05) is 29.8 Å². The summed E-state index contributed by atoms with van der Waals surface area (Å²) in [4.78, 5) is 0. The zero-order chi connectivity index (χ0) is 17.7. The van der Waals surface area contributed by atoms with Crippen molar-refractivity contribution in [3.05, 3.63) is 64.2 Å². The molecule has 1 aliphatic rings. The van der Waals surface area contributed by atoms with E-state index in [9.17, 15) is 26.3 Å². The van der Waals surface area contributed by atoms with Gasteiger partial charge in [0, 0.05) is 0 Å². The Morgan fingerprint density at radius 2 is 1.42 bits per heavy atom. The van der Waals surface area contributed by atoms with E-state index in [-0.39, 0.29) is 11.6 Å². The lowest BCUT2D eigenvalue weighted by Crippen LogP contribution is -2.11. The van der Waals surface area contributed by atoms with Crippen LogP contribution in [0.15, 0.2) is 42.0 Å². The van der Waals surface area contributed by atoms with Gasteiger partial charge >= 0.3 is 12.4 Å². The van der Waals surface area contributed by atoms with Crippen molar-refractivity contribution in [2.24, 2.45) is 0 Å². The molecule has 0 saturated carbocycles. The second-order valence-corrected chi connectivity index (χ2v) is 5.84. The Morgan fingerprint density at radius 3 is 1.96 bits per heavy atom. The molecule has 0 aliphatic heterocycles. The van der Waals surface area contributed by atoms with E-state index in [1.807, 2.05) is 13.0 Å². The number of hydrogen-bond acceptors (Lipinski definition) is 0. The minimum absolute atomic E-state index is 0.0721. The normalized spacial score (nSPS) is 14.5. The molecule has 0 radical (unpaired) electrons. The highest BCUT2D eigenvalue weighted by atomic mass is 19.4. The number of benzene rings is 2. The molecule has 1 aliphatic carbocycles.